The Balaban J connectivity index is 1.43. The monoisotopic (exact) mass is 399 g/mol. The molecule has 1 aromatic heterocycles. The van der Waals surface area contributed by atoms with Crippen LogP contribution in [0.1, 0.15) is 17.0 Å². The van der Waals surface area contributed by atoms with Gasteiger partial charge in [-0.15, -0.1) is 11.3 Å². The summed E-state index contributed by atoms with van der Waals surface area (Å²) in [6, 6.07) is 13.1. The second kappa shape index (κ2) is 7.29. The summed E-state index contributed by atoms with van der Waals surface area (Å²) >= 11 is 7.78. The van der Waals surface area contributed by atoms with Gasteiger partial charge in [-0.2, -0.15) is 0 Å². The zero-order chi connectivity index (χ0) is 19.0. The van der Waals surface area contributed by atoms with Gasteiger partial charge in [0.1, 0.15) is 0 Å². The molecule has 0 bridgehead atoms. The van der Waals surface area contributed by atoms with Gasteiger partial charge >= 0.3 is 0 Å². The fraction of sp³-hybridized carbons (Fsp3) is 0.250. The Morgan fingerprint density at radius 1 is 1.33 bits per heavy atom. The predicted octanol–water partition coefficient (Wildman–Crippen LogP) is 4.25. The molecule has 1 saturated heterocycles. The van der Waals surface area contributed by atoms with E-state index >= 15 is 0 Å². The maximum absolute atomic E-state index is 12.6. The van der Waals surface area contributed by atoms with Crippen LogP contribution in [0, 0.1) is 12.8 Å². The van der Waals surface area contributed by atoms with E-state index in [0.717, 1.165) is 26.5 Å². The van der Waals surface area contributed by atoms with E-state index in [1.54, 1.807) is 22.3 Å². The molecule has 0 aliphatic carbocycles. The first-order valence-electron chi connectivity index (χ1n) is 8.69. The molecule has 1 atom stereocenters. The van der Waals surface area contributed by atoms with Crippen LogP contribution in [0.4, 0.5) is 5.69 Å². The lowest BCUT2D eigenvalue weighted by molar-refractivity contribution is -0.128. The van der Waals surface area contributed by atoms with Crippen LogP contribution in [0.25, 0.3) is 10.2 Å². The Labute approximate surface area is 166 Å². The number of fused-ring (bicyclic) bond motifs is 1. The molecule has 7 heteroatoms. The number of hydrogen-bond donors (Lipinski definition) is 1. The highest BCUT2D eigenvalue weighted by Gasteiger charge is 2.34. The van der Waals surface area contributed by atoms with Crippen LogP contribution >= 0.6 is 22.9 Å². The molecule has 1 fully saturated rings. The van der Waals surface area contributed by atoms with Gasteiger partial charge in [0, 0.05) is 30.2 Å². The number of halogens is 1. The molecule has 0 saturated carbocycles. The average Bonchev–Trinajstić information content (AvgIpc) is 3.18. The molecule has 1 unspecified atom stereocenters. The number of hydrogen-bond acceptors (Lipinski definition) is 4. The highest BCUT2D eigenvalue weighted by Crippen LogP contribution is 2.27. The van der Waals surface area contributed by atoms with Gasteiger partial charge in [0.25, 0.3) is 0 Å². The Bertz CT molecular complexity index is 1030. The molecule has 1 aliphatic heterocycles. The van der Waals surface area contributed by atoms with Crippen molar-refractivity contribution < 1.29 is 9.59 Å². The van der Waals surface area contributed by atoms with Gasteiger partial charge in [0.2, 0.25) is 11.8 Å². The van der Waals surface area contributed by atoms with Crippen molar-refractivity contribution in [3.63, 3.8) is 0 Å². The van der Waals surface area contributed by atoms with Gasteiger partial charge in [-0.1, -0.05) is 29.8 Å². The minimum Gasteiger partial charge on any atom is -0.337 e. The molecule has 2 aromatic carbocycles. The number of aromatic nitrogens is 1. The third-order valence-corrected chi connectivity index (χ3v) is 5.97. The van der Waals surface area contributed by atoms with Crippen LogP contribution in [-0.4, -0.2) is 28.2 Å². The number of nitrogens with one attached hydrogen (secondary N) is 1. The van der Waals surface area contributed by atoms with Crippen molar-refractivity contribution in [2.45, 2.75) is 19.9 Å². The topological polar surface area (TPSA) is 62.3 Å². The third kappa shape index (κ3) is 3.82. The second-order valence-electron chi connectivity index (χ2n) is 6.67. The Morgan fingerprint density at radius 2 is 2.15 bits per heavy atom. The van der Waals surface area contributed by atoms with Crippen LogP contribution in [0.5, 0.6) is 0 Å². The lowest BCUT2D eigenvalue weighted by atomic mass is 10.1. The summed E-state index contributed by atoms with van der Waals surface area (Å²) in [5, 5.41) is 4.56. The van der Waals surface area contributed by atoms with E-state index in [2.05, 4.69) is 10.3 Å². The first kappa shape index (κ1) is 17.9. The van der Waals surface area contributed by atoms with E-state index in [0.29, 0.717) is 18.1 Å². The Kier molecular flexibility index (Phi) is 4.85. The van der Waals surface area contributed by atoms with Crippen LogP contribution < -0.4 is 5.32 Å². The largest absolute Gasteiger partial charge is 0.337 e. The van der Waals surface area contributed by atoms with Crippen molar-refractivity contribution in [1.29, 1.82) is 0 Å². The van der Waals surface area contributed by atoms with Gasteiger partial charge < -0.3 is 10.2 Å². The SMILES string of the molecule is Cc1nc2ccc(NC(=O)C3CC(=O)N(Cc4ccccc4Cl)C3)cc2s1. The molecule has 3 aromatic rings. The minimum absolute atomic E-state index is 0.0244. The van der Waals surface area contributed by atoms with E-state index in [4.69, 9.17) is 11.6 Å². The number of nitrogens with zero attached hydrogens (tertiary/aromatic N) is 2. The number of rotatable bonds is 4. The molecule has 0 spiro atoms. The number of benzene rings is 2. The molecule has 2 heterocycles. The van der Waals surface area contributed by atoms with Crippen molar-refractivity contribution >= 4 is 50.7 Å². The zero-order valence-corrected chi connectivity index (χ0v) is 16.3. The molecule has 2 amide bonds. The molecular formula is C20H18ClN3O2S. The molecule has 0 radical (unpaired) electrons. The number of amides is 2. The van der Waals surface area contributed by atoms with Crippen molar-refractivity contribution in [2.75, 3.05) is 11.9 Å². The molecule has 27 heavy (non-hydrogen) atoms. The number of anilines is 1. The minimum atomic E-state index is -0.362. The van der Waals surface area contributed by atoms with E-state index in [1.165, 1.54) is 0 Å². The summed E-state index contributed by atoms with van der Waals surface area (Å²) in [6.45, 7) is 2.78. The van der Waals surface area contributed by atoms with E-state index < -0.39 is 0 Å². The molecular weight excluding hydrogens is 382 g/mol. The van der Waals surface area contributed by atoms with Crippen molar-refractivity contribution in [2.24, 2.45) is 5.92 Å². The smallest absolute Gasteiger partial charge is 0.229 e. The second-order valence-corrected chi connectivity index (χ2v) is 8.31. The van der Waals surface area contributed by atoms with Gasteiger partial charge in [-0.25, -0.2) is 4.98 Å². The van der Waals surface area contributed by atoms with E-state index in [9.17, 15) is 9.59 Å². The summed E-state index contributed by atoms with van der Waals surface area (Å²) < 4.78 is 1.04. The number of carbonyl (C=O) groups excluding carboxylic acids is 2. The maximum Gasteiger partial charge on any atom is 0.229 e. The summed E-state index contributed by atoms with van der Waals surface area (Å²) in [6.07, 6.45) is 0.220. The number of aryl methyl sites for hydroxylation is 1. The first-order chi connectivity index (χ1) is 13.0. The lowest BCUT2D eigenvalue weighted by Gasteiger charge is -2.17. The van der Waals surface area contributed by atoms with Crippen molar-refractivity contribution in [3.05, 3.63) is 58.1 Å². The van der Waals surface area contributed by atoms with Crippen LogP contribution in [0.3, 0.4) is 0 Å². The highest BCUT2D eigenvalue weighted by molar-refractivity contribution is 7.18. The van der Waals surface area contributed by atoms with Crippen molar-refractivity contribution in [3.8, 4) is 0 Å². The third-order valence-electron chi connectivity index (χ3n) is 4.67. The molecule has 4 rings (SSSR count). The Hall–Kier alpha value is -2.44. The fourth-order valence-electron chi connectivity index (χ4n) is 3.29. The molecule has 1 aliphatic rings. The fourth-order valence-corrected chi connectivity index (χ4v) is 4.36. The van der Waals surface area contributed by atoms with E-state index in [1.807, 2.05) is 43.3 Å². The quantitative estimate of drug-likeness (QED) is 0.713. The first-order valence-corrected chi connectivity index (χ1v) is 9.88. The van der Waals surface area contributed by atoms with Gasteiger partial charge in [-0.3, -0.25) is 9.59 Å². The summed E-state index contributed by atoms with van der Waals surface area (Å²) in [7, 11) is 0. The molecule has 5 nitrogen and oxygen atoms in total. The maximum atomic E-state index is 12.6. The van der Waals surface area contributed by atoms with Crippen molar-refractivity contribution in [1.82, 2.24) is 9.88 Å². The molecule has 1 N–H and O–H groups in total. The van der Waals surface area contributed by atoms with Gasteiger partial charge in [0.15, 0.2) is 0 Å². The number of carbonyl (C=O) groups is 2. The van der Waals surface area contributed by atoms with Crippen LogP contribution in [0.2, 0.25) is 5.02 Å². The molecule has 138 valence electrons. The number of likely N-dealkylation sites (tertiary alicyclic amines) is 1. The van der Waals surface area contributed by atoms with E-state index in [-0.39, 0.29) is 24.2 Å². The van der Waals surface area contributed by atoms with Crippen LogP contribution in [0.15, 0.2) is 42.5 Å². The summed E-state index contributed by atoms with van der Waals surface area (Å²) in [5.74, 6) is -0.520. The summed E-state index contributed by atoms with van der Waals surface area (Å²) in [4.78, 5) is 31.1. The average molecular weight is 400 g/mol. The zero-order valence-electron chi connectivity index (χ0n) is 14.7. The lowest BCUT2D eigenvalue weighted by Crippen LogP contribution is -2.28. The summed E-state index contributed by atoms with van der Waals surface area (Å²) in [5.41, 5.74) is 2.55. The van der Waals surface area contributed by atoms with Gasteiger partial charge in [-0.05, 0) is 36.8 Å². The van der Waals surface area contributed by atoms with Crippen LogP contribution in [-0.2, 0) is 16.1 Å². The highest BCUT2D eigenvalue weighted by atomic mass is 35.5. The predicted molar refractivity (Wildman–Crippen MR) is 108 cm³/mol. The normalized spacial score (nSPS) is 16.9. The number of thiazole rings is 1. The Morgan fingerprint density at radius 3 is 2.96 bits per heavy atom. The standard InChI is InChI=1S/C20H18ClN3O2S/c1-12-22-17-7-6-15(9-18(17)27-12)23-20(26)14-8-19(25)24(11-14)10-13-4-2-3-5-16(13)21/h2-7,9,14H,8,10-11H2,1H3,(H,23,26). The van der Waals surface area contributed by atoms with Gasteiger partial charge in [0.05, 0.1) is 21.1 Å².